The van der Waals surface area contributed by atoms with Crippen LogP contribution in [0.4, 0.5) is 0 Å². The fourth-order valence-corrected chi connectivity index (χ4v) is 1.63. The maximum absolute atomic E-state index is 11.2. The molecule has 0 aromatic rings. The fourth-order valence-electron chi connectivity index (χ4n) is 1.63. The van der Waals surface area contributed by atoms with E-state index in [-0.39, 0.29) is 5.97 Å². The second-order valence-corrected chi connectivity index (χ2v) is 4.26. The minimum absolute atomic E-state index is 0.247. The van der Waals surface area contributed by atoms with Gasteiger partial charge >= 0.3 is 5.97 Å². The van der Waals surface area contributed by atoms with Gasteiger partial charge in [-0.1, -0.05) is 27.4 Å². The molecular formula is C12H22O2. The molecule has 0 saturated heterocycles. The van der Waals surface area contributed by atoms with Gasteiger partial charge in [-0.15, -0.1) is 0 Å². The number of carbonyl (C=O) groups is 1. The lowest BCUT2D eigenvalue weighted by molar-refractivity contribution is -0.138. The number of hydrogen-bond donors (Lipinski definition) is 0. The zero-order chi connectivity index (χ0) is 11.1. The molecule has 1 atom stereocenters. The third kappa shape index (κ3) is 5.79. The molecule has 0 amide bonds. The summed E-state index contributed by atoms with van der Waals surface area (Å²) >= 11 is 0. The van der Waals surface area contributed by atoms with Crippen LogP contribution >= 0.6 is 0 Å². The van der Waals surface area contributed by atoms with Crippen LogP contribution in [0, 0.1) is 11.8 Å². The van der Waals surface area contributed by atoms with Crippen LogP contribution in [-0.4, -0.2) is 12.6 Å². The minimum Gasteiger partial charge on any atom is -0.463 e. The maximum atomic E-state index is 11.2. The molecule has 0 heterocycles. The van der Waals surface area contributed by atoms with E-state index >= 15 is 0 Å². The zero-order valence-electron chi connectivity index (χ0n) is 9.80. The molecule has 0 bridgehead atoms. The van der Waals surface area contributed by atoms with Crippen molar-refractivity contribution in [3.8, 4) is 0 Å². The number of esters is 1. The van der Waals surface area contributed by atoms with Gasteiger partial charge in [0.1, 0.15) is 0 Å². The van der Waals surface area contributed by atoms with Crippen LogP contribution < -0.4 is 0 Å². The molecule has 0 fully saturated rings. The lowest BCUT2D eigenvalue weighted by Crippen LogP contribution is -2.10. The summed E-state index contributed by atoms with van der Waals surface area (Å²) in [6.45, 7) is 12.5. The summed E-state index contributed by atoms with van der Waals surface area (Å²) in [7, 11) is 0. The maximum Gasteiger partial charge on any atom is 0.333 e. The zero-order valence-corrected chi connectivity index (χ0v) is 9.80. The van der Waals surface area contributed by atoms with Crippen LogP contribution in [0.2, 0.25) is 0 Å². The van der Waals surface area contributed by atoms with Crippen molar-refractivity contribution in [1.82, 2.24) is 0 Å². The second kappa shape index (κ2) is 6.63. The monoisotopic (exact) mass is 198 g/mol. The van der Waals surface area contributed by atoms with E-state index in [1.54, 1.807) is 0 Å². The summed E-state index contributed by atoms with van der Waals surface area (Å²) in [5.41, 5.74) is 0.597. The number of ether oxygens (including phenoxy) is 1. The van der Waals surface area contributed by atoms with E-state index < -0.39 is 0 Å². The van der Waals surface area contributed by atoms with Crippen molar-refractivity contribution in [2.24, 2.45) is 11.8 Å². The Morgan fingerprint density at radius 1 is 1.36 bits per heavy atom. The van der Waals surface area contributed by atoms with Crippen molar-refractivity contribution in [3.63, 3.8) is 0 Å². The number of rotatable bonds is 6. The van der Waals surface area contributed by atoms with E-state index in [1.807, 2.05) is 6.92 Å². The summed E-state index contributed by atoms with van der Waals surface area (Å²) in [6.07, 6.45) is 1.87. The topological polar surface area (TPSA) is 26.3 Å². The fraction of sp³-hybridized carbons (Fsp3) is 0.750. The van der Waals surface area contributed by atoms with E-state index in [1.165, 1.54) is 0 Å². The van der Waals surface area contributed by atoms with E-state index in [2.05, 4.69) is 27.4 Å². The highest BCUT2D eigenvalue weighted by atomic mass is 16.5. The Morgan fingerprint density at radius 3 is 2.36 bits per heavy atom. The van der Waals surface area contributed by atoms with Crippen molar-refractivity contribution in [3.05, 3.63) is 12.2 Å². The molecule has 0 N–H and O–H groups in total. The SMILES string of the molecule is C=C(CC(C)CC(C)C)C(=O)OCC. The predicted octanol–water partition coefficient (Wildman–Crippen LogP) is 3.18. The molecule has 0 aliphatic rings. The van der Waals surface area contributed by atoms with Gasteiger partial charge in [0, 0.05) is 5.57 Å². The third-order valence-corrected chi connectivity index (χ3v) is 2.03. The lowest BCUT2D eigenvalue weighted by Gasteiger charge is -2.14. The Labute approximate surface area is 87.3 Å². The molecule has 0 saturated carbocycles. The summed E-state index contributed by atoms with van der Waals surface area (Å²) in [4.78, 5) is 11.2. The van der Waals surface area contributed by atoms with Crippen LogP contribution in [0.25, 0.3) is 0 Å². The summed E-state index contributed by atoms with van der Waals surface area (Å²) in [6, 6.07) is 0. The first-order valence-electron chi connectivity index (χ1n) is 5.32. The average Bonchev–Trinajstić information content (AvgIpc) is 2.02. The summed E-state index contributed by atoms with van der Waals surface area (Å²) in [5, 5.41) is 0. The molecule has 0 spiro atoms. The smallest absolute Gasteiger partial charge is 0.333 e. The van der Waals surface area contributed by atoms with Crippen molar-refractivity contribution in [2.75, 3.05) is 6.61 Å². The molecule has 1 unspecified atom stereocenters. The third-order valence-electron chi connectivity index (χ3n) is 2.03. The van der Waals surface area contributed by atoms with Gasteiger partial charge in [0.15, 0.2) is 0 Å². The largest absolute Gasteiger partial charge is 0.463 e. The summed E-state index contributed by atoms with van der Waals surface area (Å²) in [5.74, 6) is 0.926. The Kier molecular flexibility index (Phi) is 6.26. The first-order chi connectivity index (χ1) is 6.47. The van der Waals surface area contributed by atoms with Crippen LogP contribution in [0.5, 0.6) is 0 Å². The van der Waals surface area contributed by atoms with E-state index in [4.69, 9.17) is 4.74 Å². The van der Waals surface area contributed by atoms with Gasteiger partial charge in [-0.25, -0.2) is 4.79 Å². The van der Waals surface area contributed by atoms with Crippen molar-refractivity contribution in [1.29, 1.82) is 0 Å². The van der Waals surface area contributed by atoms with Gasteiger partial charge in [0.05, 0.1) is 6.61 Å². The van der Waals surface area contributed by atoms with Gasteiger partial charge in [0.25, 0.3) is 0 Å². The first kappa shape index (κ1) is 13.2. The Morgan fingerprint density at radius 2 is 1.93 bits per heavy atom. The minimum atomic E-state index is -0.247. The Bertz CT molecular complexity index is 194. The lowest BCUT2D eigenvalue weighted by atomic mass is 9.93. The van der Waals surface area contributed by atoms with E-state index in [0.717, 1.165) is 12.8 Å². The molecule has 14 heavy (non-hydrogen) atoms. The highest BCUT2D eigenvalue weighted by Gasteiger charge is 2.12. The molecule has 0 radical (unpaired) electrons. The molecule has 0 aliphatic heterocycles. The van der Waals surface area contributed by atoms with Gasteiger partial charge in [0.2, 0.25) is 0 Å². The Hall–Kier alpha value is -0.790. The normalized spacial score (nSPS) is 12.6. The van der Waals surface area contributed by atoms with E-state index in [0.29, 0.717) is 24.0 Å². The molecule has 2 nitrogen and oxygen atoms in total. The van der Waals surface area contributed by atoms with Gasteiger partial charge in [-0.3, -0.25) is 0 Å². The summed E-state index contributed by atoms with van der Waals surface area (Å²) < 4.78 is 4.87. The highest BCUT2D eigenvalue weighted by molar-refractivity contribution is 5.87. The van der Waals surface area contributed by atoms with Crippen LogP contribution in [-0.2, 0) is 9.53 Å². The molecule has 82 valence electrons. The van der Waals surface area contributed by atoms with E-state index in [9.17, 15) is 4.79 Å². The van der Waals surface area contributed by atoms with Gasteiger partial charge in [-0.2, -0.15) is 0 Å². The predicted molar refractivity (Wildman–Crippen MR) is 59.0 cm³/mol. The van der Waals surface area contributed by atoms with Crippen molar-refractivity contribution >= 4 is 5.97 Å². The van der Waals surface area contributed by atoms with Crippen LogP contribution in [0.3, 0.4) is 0 Å². The number of hydrogen-bond acceptors (Lipinski definition) is 2. The highest BCUT2D eigenvalue weighted by Crippen LogP contribution is 2.18. The molecule has 2 heteroatoms. The number of carbonyl (C=O) groups excluding carboxylic acids is 1. The average molecular weight is 198 g/mol. The van der Waals surface area contributed by atoms with Crippen LogP contribution in [0.15, 0.2) is 12.2 Å². The van der Waals surface area contributed by atoms with Crippen LogP contribution in [0.1, 0.15) is 40.5 Å². The molecular weight excluding hydrogens is 176 g/mol. The second-order valence-electron chi connectivity index (χ2n) is 4.26. The van der Waals surface area contributed by atoms with Gasteiger partial charge in [-0.05, 0) is 31.6 Å². The quantitative estimate of drug-likeness (QED) is 0.484. The molecule has 0 rings (SSSR count). The molecule has 0 aromatic carbocycles. The standard InChI is InChI=1S/C12H22O2/c1-6-14-12(13)11(5)8-10(4)7-9(2)3/h9-10H,5-8H2,1-4H3. The van der Waals surface area contributed by atoms with Crippen molar-refractivity contribution in [2.45, 2.75) is 40.5 Å². The molecule has 0 aliphatic carbocycles. The van der Waals surface area contributed by atoms with Crippen molar-refractivity contribution < 1.29 is 9.53 Å². The van der Waals surface area contributed by atoms with Gasteiger partial charge < -0.3 is 4.74 Å². The molecule has 0 aromatic heterocycles. The Balaban J connectivity index is 3.87. The first-order valence-corrected chi connectivity index (χ1v) is 5.32.